The summed E-state index contributed by atoms with van der Waals surface area (Å²) in [6.45, 7) is 0. The lowest BCUT2D eigenvalue weighted by Crippen LogP contribution is -2.21. The maximum Gasteiger partial charge on any atom is 0.434 e. The van der Waals surface area contributed by atoms with Gasteiger partial charge in [-0.05, 0) is 48.9 Å². The highest BCUT2D eigenvalue weighted by Gasteiger charge is 2.50. The first kappa shape index (κ1) is 14.6. The standard InChI is InChI=1S/C19H19O3P/c20-23(21-17-7-3-1-4-8-17,22-18-9-5-2-6-10-18)19-14-15-11-12-16(19)13-15/h1-12,15-16,19H,13-14H2. The van der Waals surface area contributed by atoms with Gasteiger partial charge >= 0.3 is 7.60 Å². The molecule has 2 aromatic carbocycles. The van der Waals surface area contributed by atoms with Crippen molar-refractivity contribution in [3.8, 4) is 11.5 Å². The van der Waals surface area contributed by atoms with Crippen molar-refractivity contribution in [1.29, 1.82) is 0 Å². The lowest BCUT2D eigenvalue weighted by Gasteiger charge is -2.28. The Balaban J connectivity index is 1.65. The zero-order valence-corrected chi connectivity index (χ0v) is 13.6. The van der Waals surface area contributed by atoms with E-state index >= 15 is 0 Å². The number of para-hydroxylation sites is 2. The molecule has 2 aromatic rings. The van der Waals surface area contributed by atoms with E-state index in [2.05, 4.69) is 12.2 Å². The molecule has 0 radical (unpaired) electrons. The Hall–Kier alpha value is -1.99. The molecule has 0 amide bonds. The summed E-state index contributed by atoms with van der Waals surface area (Å²) < 4.78 is 25.5. The summed E-state index contributed by atoms with van der Waals surface area (Å²) in [5.41, 5.74) is -0.0714. The predicted octanol–water partition coefficient (Wildman–Crippen LogP) is 5.30. The minimum atomic E-state index is -3.30. The minimum absolute atomic E-state index is 0.0714. The van der Waals surface area contributed by atoms with Gasteiger partial charge in [0.25, 0.3) is 0 Å². The number of hydrogen-bond acceptors (Lipinski definition) is 3. The van der Waals surface area contributed by atoms with Crippen molar-refractivity contribution < 1.29 is 13.6 Å². The second-order valence-electron chi connectivity index (χ2n) is 6.20. The van der Waals surface area contributed by atoms with Crippen LogP contribution in [0.3, 0.4) is 0 Å². The molecular weight excluding hydrogens is 307 g/mol. The topological polar surface area (TPSA) is 35.5 Å². The van der Waals surface area contributed by atoms with Crippen LogP contribution in [0.15, 0.2) is 72.8 Å². The first-order chi connectivity index (χ1) is 11.2. The smallest absolute Gasteiger partial charge is 0.416 e. The van der Waals surface area contributed by atoms with Gasteiger partial charge in [-0.1, -0.05) is 48.6 Å². The monoisotopic (exact) mass is 326 g/mol. The summed E-state index contributed by atoms with van der Waals surface area (Å²) in [7, 11) is -3.30. The summed E-state index contributed by atoms with van der Waals surface area (Å²) in [6.07, 6.45) is 6.34. The van der Waals surface area contributed by atoms with Crippen molar-refractivity contribution in [2.45, 2.75) is 18.5 Å². The van der Waals surface area contributed by atoms with Crippen molar-refractivity contribution in [2.75, 3.05) is 0 Å². The van der Waals surface area contributed by atoms with E-state index in [0.29, 0.717) is 23.3 Å². The Labute approximate surface area is 136 Å². The Kier molecular flexibility index (Phi) is 3.74. The highest BCUT2D eigenvalue weighted by Crippen LogP contribution is 2.62. The molecule has 0 saturated heterocycles. The molecule has 0 heterocycles. The fourth-order valence-electron chi connectivity index (χ4n) is 3.53. The number of allylic oxidation sites excluding steroid dienone is 2. The van der Waals surface area contributed by atoms with Crippen LogP contribution >= 0.6 is 7.60 Å². The van der Waals surface area contributed by atoms with Crippen molar-refractivity contribution in [2.24, 2.45) is 11.8 Å². The van der Waals surface area contributed by atoms with E-state index in [0.717, 1.165) is 12.8 Å². The average Bonchev–Trinajstić information content (AvgIpc) is 3.20. The molecule has 0 aliphatic heterocycles. The number of benzene rings is 2. The molecule has 1 saturated carbocycles. The molecule has 0 N–H and O–H groups in total. The van der Waals surface area contributed by atoms with Crippen LogP contribution in [-0.4, -0.2) is 5.66 Å². The highest BCUT2D eigenvalue weighted by molar-refractivity contribution is 7.55. The van der Waals surface area contributed by atoms with E-state index in [9.17, 15) is 4.57 Å². The van der Waals surface area contributed by atoms with Crippen LogP contribution in [0, 0.1) is 11.8 Å². The van der Waals surface area contributed by atoms with E-state index in [1.807, 2.05) is 60.7 Å². The summed E-state index contributed by atoms with van der Waals surface area (Å²) in [6, 6.07) is 18.6. The number of hydrogen-bond donors (Lipinski definition) is 0. The van der Waals surface area contributed by atoms with Crippen LogP contribution in [0.5, 0.6) is 11.5 Å². The fourth-order valence-corrected chi connectivity index (χ4v) is 5.88. The molecule has 3 unspecified atom stereocenters. The fraction of sp³-hybridized carbons (Fsp3) is 0.263. The molecule has 118 valence electrons. The molecule has 2 aliphatic rings. The zero-order chi connectivity index (χ0) is 15.7. The predicted molar refractivity (Wildman–Crippen MR) is 90.9 cm³/mol. The van der Waals surface area contributed by atoms with Crippen molar-refractivity contribution in [1.82, 2.24) is 0 Å². The van der Waals surface area contributed by atoms with Gasteiger partial charge in [0.15, 0.2) is 0 Å². The van der Waals surface area contributed by atoms with Crippen LogP contribution in [0.1, 0.15) is 12.8 Å². The summed E-state index contributed by atoms with van der Waals surface area (Å²) in [4.78, 5) is 0. The second kappa shape index (κ2) is 5.90. The van der Waals surface area contributed by atoms with Gasteiger partial charge in [0.1, 0.15) is 11.5 Å². The van der Waals surface area contributed by atoms with Gasteiger partial charge in [-0.2, -0.15) is 0 Å². The molecule has 0 spiro atoms. The lowest BCUT2D eigenvalue weighted by molar-refractivity contribution is 0.363. The lowest BCUT2D eigenvalue weighted by atomic mass is 10.1. The van der Waals surface area contributed by atoms with Crippen molar-refractivity contribution in [3.63, 3.8) is 0 Å². The molecule has 1 fully saturated rings. The molecule has 2 bridgehead atoms. The number of fused-ring (bicyclic) bond motifs is 2. The van der Waals surface area contributed by atoms with Gasteiger partial charge in [-0.25, -0.2) is 4.57 Å². The van der Waals surface area contributed by atoms with E-state index < -0.39 is 7.60 Å². The molecule has 4 rings (SSSR count). The summed E-state index contributed by atoms with van der Waals surface area (Å²) in [5, 5.41) is 0. The zero-order valence-electron chi connectivity index (χ0n) is 12.7. The third kappa shape index (κ3) is 2.94. The van der Waals surface area contributed by atoms with Crippen LogP contribution in [0.2, 0.25) is 0 Å². The summed E-state index contributed by atoms with van der Waals surface area (Å²) in [5.74, 6) is 1.99. The van der Waals surface area contributed by atoms with Gasteiger partial charge < -0.3 is 9.05 Å². The number of rotatable bonds is 5. The van der Waals surface area contributed by atoms with Gasteiger partial charge in [0, 0.05) is 0 Å². The first-order valence-corrected chi connectivity index (χ1v) is 9.61. The Morgan fingerprint density at radius 1 is 0.783 bits per heavy atom. The molecule has 4 heteroatoms. The molecule has 3 nitrogen and oxygen atoms in total. The molecule has 23 heavy (non-hydrogen) atoms. The van der Waals surface area contributed by atoms with E-state index in [4.69, 9.17) is 9.05 Å². The second-order valence-corrected chi connectivity index (χ2v) is 8.30. The van der Waals surface area contributed by atoms with Crippen molar-refractivity contribution in [3.05, 3.63) is 72.8 Å². The van der Waals surface area contributed by atoms with Crippen LogP contribution in [0.4, 0.5) is 0 Å². The normalized spacial score (nSPS) is 25.5. The van der Waals surface area contributed by atoms with E-state index in [-0.39, 0.29) is 5.66 Å². The Morgan fingerprint density at radius 2 is 1.35 bits per heavy atom. The third-order valence-corrected chi connectivity index (χ3v) is 6.94. The Bertz CT molecular complexity index is 696. The molecule has 0 aromatic heterocycles. The maximum atomic E-state index is 13.7. The quantitative estimate of drug-likeness (QED) is 0.552. The van der Waals surface area contributed by atoms with Crippen LogP contribution in [-0.2, 0) is 4.57 Å². The SMILES string of the molecule is O=P(Oc1ccccc1)(Oc1ccccc1)C1CC2C=CC1C2. The highest BCUT2D eigenvalue weighted by atomic mass is 31.2. The van der Waals surface area contributed by atoms with E-state index in [1.54, 1.807) is 0 Å². The van der Waals surface area contributed by atoms with Gasteiger partial charge in [0.2, 0.25) is 0 Å². The Morgan fingerprint density at radius 3 is 1.78 bits per heavy atom. The van der Waals surface area contributed by atoms with Gasteiger partial charge in [0.05, 0.1) is 5.66 Å². The first-order valence-electron chi connectivity index (χ1n) is 8.00. The molecule has 2 aliphatic carbocycles. The maximum absolute atomic E-state index is 13.7. The van der Waals surface area contributed by atoms with Gasteiger partial charge in [-0.15, -0.1) is 0 Å². The van der Waals surface area contributed by atoms with Crippen molar-refractivity contribution >= 4 is 7.60 Å². The minimum Gasteiger partial charge on any atom is -0.416 e. The average molecular weight is 326 g/mol. The van der Waals surface area contributed by atoms with Crippen LogP contribution < -0.4 is 9.05 Å². The van der Waals surface area contributed by atoms with E-state index in [1.165, 1.54) is 0 Å². The summed E-state index contributed by atoms with van der Waals surface area (Å²) >= 11 is 0. The third-order valence-electron chi connectivity index (χ3n) is 4.60. The molecule has 3 atom stereocenters. The largest absolute Gasteiger partial charge is 0.434 e. The van der Waals surface area contributed by atoms with Gasteiger partial charge in [-0.3, -0.25) is 0 Å². The van der Waals surface area contributed by atoms with Crippen LogP contribution in [0.25, 0.3) is 0 Å². The molecular formula is C19H19O3P.